The Morgan fingerprint density at radius 2 is 1.79 bits per heavy atom. The average molecular weight is 573 g/mol. The van der Waals surface area contributed by atoms with E-state index in [-0.39, 0.29) is 24.9 Å². The van der Waals surface area contributed by atoms with Crippen molar-refractivity contribution in [1.29, 1.82) is 0 Å². The number of rotatable bonds is 6. The summed E-state index contributed by atoms with van der Waals surface area (Å²) in [5.74, 6) is -1.97. The lowest BCUT2D eigenvalue weighted by molar-refractivity contribution is -0.139. The Balaban J connectivity index is 1.76. The highest BCUT2D eigenvalue weighted by atomic mass is 16.5. The highest BCUT2D eigenvalue weighted by molar-refractivity contribution is 6.05. The summed E-state index contributed by atoms with van der Waals surface area (Å²) in [4.78, 5) is 45.1. The number of esters is 1. The second-order valence-corrected chi connectivity index (χ2v) is 12.4. The number of ketones is 1. The monoisotopic (exact) mass is 572 g/mol. The van der Waals surface area contributed by atoms with Crippen molar-refractivity contribution in [2.24, 2.45) is 0 Å². The molecule has 3 aromatic rings. The van der Waals surface area contributed by atoms with Crippen LogP contribution in [0.5, 0.6) is 0 Å². The van der Waals surface area contributed by atoms with Gasteiger partial charge in [-0.1, -0.05) is 29.8 Å². The van der Waals surface area contributed by atoms with Crippen molar-refractivity contribution in [1.82, 2.24) is 9.88 Å². The number of hydrogen-bond acceptors (Lipinski definition) is 7. The van der Waals surface area contributed by atoms with Crippen LogP contribution in [0.2, 0.25) is 0 Å². The van der Waals surface area contributed by atoms with Crippen LogP contribution in [0.1, 0.15) is 80.2 Å². The molecule has 0 fully saturated rings. The van der Waals surface area contributed by atoms with Crippen LogP contribution in [0.3, 0.4) is 0 Å². The number of carbonyl (C=O) groups excluding carboxylic acids is 2. The molecule has 222 valence electrons. The molecular weight excluding hydrogens is 532 g/mol. The fourth-order valence-electron chi connectivity index (χ4n) is 6.69. The Hall–Kier alpha value is -3.91. The van der Waals surface area contributed by atoms with Gasteiger partial charge < -0.3 is 18.8 Å². The highest BCUT2D eigenvalue weighted by Gasteiger charge is 2.45. The van der Waals surface area contributed by atoms with Gasteiger partial charge in [-0.3, -0.25) is 9.78 Å². The predicted octanol–water partition coefficient (Wildman–Crippen LogP) is 6.11. The third-order valence-electron chi connectivity index (χ3n) is 8.25. The molecule has 2 atom stereocenters. The third kappa shape index (κ3) is 5.36. The number of allylic oxidation sites excluding steroid dienone is 2. The topological polar surface area (TPSA) is 102 Å². The Morgan fingerprint density at radius 1 is 1.10 bits per heavy atom. The van der Waals surface area contributed by atoms with Gasteiger partial charge in [0.15, 0.2) is 11.4 Å². The molecule has 0 saturated heterocycles. The van der Waals surface area contributed by atoms with Gasteiger partial charge in [-0.2, -0.15) is 0 Å². The summed E-state index contributed by atoms with van der Waals surface area (Å²) in [6.07, 6.45) is 0.923. The first kappa shape index (κ1) is 29.6. The van der Waals surface area contributed by atoms with E-state index in [0.717, 1.165) is 5.70 Å². The second-order valence-electron chi connectivity index (χ2n) is 12.4. The number of para-hydroxylation sites is 1. The number of fused-ring (bicyclic) bond motifs is 1. The number of nitrogens with zero attached hydrogens (tertiary/aromatic N) is 1. The second kappa shape index (κ2) is 11.1. The summed E-state index contributed by atoms with van der Waals surface area (Å²) in [6.45, 7) is 14.2. The molecule has 1 aliphatic carbocycles. The zero-order chi connectivity index (χ0) is 30.5. The molecule has 2 unspecified atom stereocenters. The van der Waals surface area contributed by atoms with Crippen LogP contribution in [0.25, 0.3) is 11.1 Å². The highest BCUT2D eigenvalue weighted by Crippen LogP contribution is 2.50. The Morgan fingerprint density at radius 3 is 2.43 bits per heavy atom. The minimum Gasteiger partial charge on any atom is -0.463 e. The number of hydrogen-bond donors (Lipinski definition) is 1. The molecule has 1 aromatic heterocycles. The quantitative estimate of drug-likeness (QED) is 0.356. The number of ether oxygens (including phenoxy) is 2. The first-order valence-electron chi connectivity index (χ1n) is 14.5. The van der Waals surface area contributed by atoms with Gasteiger partial charge in [-0.05, 0) is 83.6 Å². The maximum absolute atomic E-state index is 14.3. The standard InChI is InChI=1S/C34H40N2O6/c1-9-40-32(38)30-25(17-41-34(5,6)7)36(8)24-15-21(27-19(3)13-18(2)14-20(27)4)16-26(37)29(24)28(30)22-11-10-12-23-31(22)42-33(39)35-23/h10-14,21,28H,9,15-17H2,1-8H3,(H,35,39). The molecule has 8 heteroatoms. The van der Waals surface area contributed by atoms with Crippen molar-refractivity contribution in [3.8, 4) is 0 Å². The maximum Gasteiger partial charge on any atom is 0.417 e. The lowest BCUT2D eigenvalue weighted by Gasteiger charge is -2.42. The summed E-state index contributed by atoms with van der Waals surface area (Å²) in [7, 11) is 1.90. The van der Waals surface area contributed by atoms with Crippen LogP contribution in [0.4, 0.5) is 0 Å². The Kier molecular flexibility index (Phi) is 7.79. The number of benzene rings is 2. The van der Waals surface area contributed by atoms with Gasteiger partial charge in [-0.15, -0.1) is 0 Å². The summed E-state index contributed by atoms with van der Waals surface area (Å²) in [5, 5.41) is 0. The smallest absolute Gasteiger partial charge is 0.417 e. The largest absolute Gasteiger partial charge is 0.463 e. The number of carbonyl (C=O) groups is 2. The Labute approximate surface area is 246 Å². The predicted molar refractivity (Wildman–Crippen MR) is 161 cm³/mol. The van der Waals surface area contributed by atoms with Gasteiger partial charge in [0.1, 0.15) is 0 Å². The molecule has 0 saturated carbocycles. The first-order chi connectivity index (χ1) is 19.8. The van der Waals surface area contributed by atoms with Crippen LogP contribution in [0, 0.1) is 20.8 Å². The molecular formula is C34H40N2O6. The van der Waals surface area contributed by atoms with Gasteiger partial charge in [0.05, 0.1) is 41.5 Å². The van der Waals surface area contributed by atoms with Crippen LogP contribution in [-0.2, 0) is 19.1 Å². The molecule has 1 aliphatic heterocycles. The van der Waals surface area contributed by atoms with Crippen molar-refractivity contribution >= 4 is 22.9 Å². The van der Waals surface area contributed by atoms with Crippen LogP contribution >= 0.6 is 0 Å². The van der Waals surface area contributed by atoms with E-state index in [9.17, 15) is 14.4 Å². The molecule has 2 aliphatic rings. The molecule has 2 heterocycles. The SMILES string of the molecule is CCOC(=O)C1=C(COC(C)(C)C)N(C)C2=C(C(=O)CC(c3c(C)cc(C)cc3C)C2)C1c1cccc2[nH]c(=O)oc12. The molecule has 8 nitrogen and oxygen atoms in total. The lowest BCUT2D eigenvalue weighted by Crippen LogP contribution is -2.40. The molecule has 1 N–H and O–H groups in total. The van der Waals surface area contributed by atoms with Crippen molar-refractivity contribution in [2.45, 2.75) is 78.7 Å². The first-order valence-corrected chi connectivity index (χ1v) is 14.5. The lowest BCUT2D eigenvalue weighted by atomic mass is 9.70. The molecule has 5 rings (SSSR count). The van der Waals surface area contributed by atoms with Gasteiger partial charge in [0.25, 0.3) is 0 Å². The van der Waals surface area contributed by atoms with E-state index in [1.807, 2.05) is 38.8 Å². The number of oxazole rings is 1. The van der Waals surface area contributed by atoms with E-state index < -0.39 is 23.2 Å². The van der Waals surface area contributed by atoms with Crippen molar-refractivity contribution in [3.05, 3.63) is 91.2 Å². The summed E-state index contributed by atoms with van der Waals surface area (Å²) < 4.78 is 17.4. The number of aromatic amines is 1. The van der Waals surface area contributed by atoms with E-state index in [1.54, 1.807) is 19.1 Å². The molecule has 0 amide bonds. The van der Waals surface area contributed by atoms with Gasteiger partial charge >= 0.3 is 11.7 Å². The number of H-pyrrole nitrogens is 1. The maximum atomic E-state index is 14.3. The third-order valence-corrected chi connectivity index (χ3v) is 8.25. The summed E-state index contributed by atoms with van der Waals surface area (Å²) in [6, 6.07) is 9.69. The number of nitrogens with one attached hydrogen (secondary N) is 1. The fraction of sp³-hybridized carbons (Fsp3) is 0.441. The van der Waals surface area contributed by atoms with Crippen molar-refractivity contribution < 1.29 is 23.5 Å². The number of likely N-dealkylation sites (N-methyl/N-ethyl adjacent to an activating group) is 1. The van der Waals surface area contributed by atoms with Crippen LogP contribution < -0.4 is 5.76 Å². The number of Topliss-reactive ketones (excluding diaryl/α,β-unsaturated/α-hetero) is 1. The zero-order valence-electron chi connectivity index (χ0n) is 25.8. The van der Waals surface area contributed by atoms with Gasteiger partial charge in [-0.25, -0.2) is 9.59 Å². The normalized spacial score (nSPS) is 19.5. The minimum absolute atomic E-state index is 0.0186. The van der Waals surface area contributed by atoms with E-state index in [1.165, 1.54) is 22.3 Å². The van der Waals surface area contributed by atoms with Crippen LogP contribution in [0.15, 0.2) is 62.1 Å². The van der Waals surface area contributed by atoms with Crippen molar-refractivity contribution in [2.75, 3.05) is 20.3 Å². The zero-order valence-corrected chi connectivity index (χ0v) is 25.8. The van der Waals surface area contributed by atoms with Gasteiger partial charge in [0.2, 0.25) is 0 Å². The Bertz CT molecular complexity index is 1670. The van der Waals surface area contributed by atoms with E-state index in [4.69, 9.17) is 13.9 Å². The molecule has 0 radical (unpaired) electrons. The molecule has 0 bridgehead atoms. The number of aromatic nitrogens is 1. The average Bonchev–Trinajstić information content (AvgIpc) is 3.27. The fourth-order valence-corrected chi connectivity index (χ4v) is 6.69. The summed E-state index contributed by atoms with van der Waals surface area (Å²) >= 11 is 0. The van der Waals surface area contributed by atoms with Crippen LogP contribution in [-0.4, -0.2) is 47.5 Å². The number of aryl methyl sites for hydroxylation is 3. The molecule has 2 aromatic carbocycles. The van der Waals surface area contributed by atoms with E-state index in [2.05, 4.69) is 37.9 Å². The van der Waals surface area contributed by atoms with E-state index in [0.29, 0.717) is 46.3 Å². The minimum atomic E-state index is -0.787. The van der Waals surface area contributed by atoms with Crippen molar-refractivity contribution in [3.63, 3.8) is 0 Å². The summed E-state index contributed by atoms with van der Waals surface area (Å²) in [5.41, 5.74) is 7.97. The molecule has 0 spiro atoms. The van der Waals surface area contributed by atoms with E-state index >= 15 is 0 Å². The molecule has 42 heavy (non-hydrogen) atoms. The van der Waals surface area contributed by atoms with Gasteiger partial charge in [0, 0.05) is 30.3 Å².